The van der Waals surface area contributed by atoms with Gasteiger partial charge < -0.3 is 10.2 Å². The van der Waals surface area contributed by atoms with Crippen molar-refractivity contribution in [3.8, 4) is 0 Å². The van der Waals surface area contributed by atoms with Gasteiger partial charge in [-0.3, -0.25) is 14.9 Å². The molecule has 0 bridgehead atoms. The first kappa shape index (κ1) is 18.7. The van der Waals surface area contributed by atoms with Crippen molar-refractivity contribution in [3.63, 3.8) is 0 Å². The van der Waals surface area contributed by atoms with Gasteiger partial charge in [0.1, 0.15) is 4.32 Å². The molecule has 0 radical (unpaired) electrons. The van der Waals surface area contributed by atoms with E-state index in [0.717, 1.165) is 13.1 Å². The zero-order chi connectivity index (χ0) is 16.7. The average molecular weight is 362 g/mol. The van der Waals surface area contributed by atoms with E-state index in [4.69, 9.17) is 23.8 Å². The molecule has 1 rings (SSSR count). The molecule has 1 amide bonds. The molecule has 9 heteroatoms. The Labute approximate surface area is 143 Å². The summed E-state index contributed by atoms with van der Waals surface area (Å²) in [5.41, 5.74) is 0.215. The quantitative estimate of drug-likeness (QED) is 0.474. The molecule has 120 valence electrons. The third-order valence-corrected chi connectivity index (χ3v) is 4.62. The topological polar surface area (TPSA) is 75.5 Å². The summed E-state index contributed by atoms with van der Waals surface area (Å²) in [5, 5.41) is 13.4. The number of thioether (sulfide) groups is 1. The van der Waals surface area contributed by atoms with E-state index in [-0.39, 0.29) is 22.4 Å². The number of hydrogen-bond donors (Lipinski definition) is 1. The first-order chi connectivity index (χ1) is 10.4. The van der Waals surface area contributed by atoms with E-state index in [1.807, 2.05) is 18.7 Å². The van der Waals surface area contributed by atoms with Crippen LogP contribution in [0.2, 0.25) is 5.02 Å². The SMILES string of the molecule is CCN(CC)C(=S)SCC(=O)Nc1ccc([N+](=O)[O-])cc1Cl. The van der Waals surface area contributed by atoms with Gasteiger partial charge in [-0.25, -0.2) is 0 Å². The van der Waals surface area contributed by atoms with Gasteiger partial charge in [0.05, 0.1) is 21.4 Å². The molecular formula is C13H16ClN3O3S2. The minimum Gasteiger partial charge on any atom is -0.358 e. The number of nitro benzene ring substituents is 1. The van der Waals surface area contributed by atoms with E-state index in [1.165, 1.54) is 30.0 Å². The van der Waals surface area contributed by atoms with Crippen molar-refractivity contribution in [2.75, 3.05) is 24.2 Å². The van der Waals surface area contributed by atoms with E-state index in [2.05, 4.69) is 5.32 Å². The normalized spacial score (nSPS) is 10.1. The van der Waals surface area contributed by atoms with Gasteiger partial charge in [-0.05, 0) is 19.9 Å². The molecule has 0 spiro atoms. The predicted octanol–water partition coefficient (Wildman–Crippen LogP) is 3.55. The lowest BCUT2D eigenvalue weighted by Crippen LogP contribution is -2.28. The number of nitrogens with one attached hydrogen (secondary N) is 1. The Morgan fingerprint density at radius 2 is 2.09 bits per heavy atom. The number of benzene rings is 1. The number of halogens is 1. The van der Waals surface area contributed by atoms with Crippen LogP contribution in [0.1, 0.15) is 13.8 Å². The van der Waals surface area contributed by atoms with Crippen molar-refractivity contribution in [2.45, 2.75) is 13.8 Å². The summed E-state index contributed by atoms with van der Waals surface area (Å²) in [6, 6.07) is 3.89. The van der Waals surface area contributed by atoms with E-state index < -0.39 is 4.92 Å². The van der Waals surface area contributed by atoms with Gasteiger partial charge in [-0.2, -0.15) is 0 Å². The van der Waals surface area contributed by atoms with Crippen molar-refractivity contribution < 1.29 is 9.72 Å². The third-order valence-electron chi connectivity index (χ3n) is 2.79. The van der Waals surface area contributed by atoms with Crippen molar-refractivity contribution in [1.29, 1.82) is 0 Å². The molecule has 1 aromatic rings. The molecule has 0 saturated carbocycles. The zero-order valence-electron chi connectivity index (χ0n) is 12.2. The van der Waals surface area contributed by atoms with Crippen LogP contribution in [0.3, 0.4) is 0 Å². The molecule has 1 N–H and O–H groups in total. The van der Waals surface area contributed by atoms with Gasteiger partial charge in [-0.1, -0.05) is 35.6 Å². The summed E-state index contributed by atoms with van der Waals surface area (Å²) in [5.74, 6) is -0.113. The standard InChI is InChI=1S/C13H16ClN3O3S2/c1-3-16(4-2)13(21)22-8-12(18)15-11-6-5-9(17(19)20)7-10(11)14/h5-7H,3-4,8H2,1-2H3,(H,15,18). The number of nitrogens with zero attached hydrogens (tertiary/aromatic N) is 2. The minimum atomic E-state index is -0.546. The fraction of sp³-hybridized carbons (Fsp3) is 0.385. The number of carbonyl (C=O) groups excluding carboxylic acids is 1. The number of non-ortho nitro benzene ring substituents is 1. The summed E-state index contributed by atoms with van der Waals surface area (Å²) >= 11 is 12.4. The van der Waals surface area contributed by atoms with Gasteiger partial charge in [0.2, 0.25) is 5.91 Å². The second-order valence-corrected chi connectivity index (χ2v) is 6.21. The molecule has 0 saturated heterocycles. The lowest BCUT2D eigenvalue weighted by Gasteiger charge is -2.20. The average Bonchev–Trinajstić information content (AvgIpc) is 2.48. The van der Waals surface area contributed by atoms with E-state index in [0.29, 0.717) is 10.0 Å². The monoisotopic (exact) mass is 361 g/mol. The lowest BCUT2D eigenvalue weighted by molar-refractivity contribution is -0.384. The summed E-state index contributed by atoms with van der Waals surface area (Å²) < 4.78 is 0.662. The molecule has 0 aromatic heterocycles. The molecule has 0 atom stereocenters. The van der Waals surface area contributed by atoms with Gasteiger partial charge >= 0.3 is 0 Å². The van der Waals surface area contributed by atoms with Gasteiger partial charge in [0, 0.05) is 25.2 Å². The summed E-state index contributed by atoms with van der Waals surface area (Å²) in [6.45, 7) is 5.57. The Morgan fingerprint density at radius 3 is 2.59 bits per heavy atom. The maximum Gasteiger partial charge on any atom is 0.271 e. The van der Waals surface area contributed by atoms with Crippen LogP contribution in [0.15, 0.2) is 18.2 Å². The highest BCUT2D eigenvalue weighted by molar-refractivity contribution is 8.23. The third kappa shape index (κ3) is 5.43. The van der Waals surface area contributed by atoms with Crippen LogP contribution in [0.5, 0.6) is 0 Å². The van der Waals surface area contributed by atoms with Crippen molar-refractivity contribution >= 4 is 57.2 Å². The van der Waals surface area contributed by atoms with E-state index >= 15 is 0 Å². The maximum absolute atomic E-state index is 11.9. The van der Waals surface area contributed by atoms with Crippen LogP contribution < -0.4 is 5.32 Å². The Hall–Kier alpha value is -1.38. The minimum absolute atomic E-state index is 0.124. The number of hydrogen-bond acceptors (Lipinski definition) is 5. The molecule has 0 aliphatic rings. The van der Waals surface area contributed by atoms with Crippen LogP contribution in [0, 0.1) is 10.1 Å². The summed E-state index contributed by atoms with van der Waals surface area (Å²) in [7, 11) is 0. The fourth-order valence-electron chi connectivity index (χ4n) is 1.61. The molecular weight excluding hydrogens is 346 g/mol. The smallest absolute Gasteiger partial charge is 0.271 e. The zero-order valence-corrected chi connectivity index (χ0v) is 14.6. The van der Waals surface area contributed by atoms with Crippen molar-refractivity contribution in [1.82, 2.24) is 4.90 Å². The molecule has 1 aromatic carbocycles. The molecule has 6 nitrogen and oxygen atoms in total. The Kier molecular flexibility index (Phi) is 7.57. The molecule has 0 fully saturated rings. The van der Waals surface area contributed by atoms with Crippen molar-refractivity contribution in [3.05, 3.63) is 33.3 Å². The van der Waals surface area contributed by atoms with Crippen LogP contribution >= 0.6 is 35.6 Å². The maximum atomic E-state index is 11.9. The first-order valence-electron chi connectivity index (χ1n) is 6.54. The summed E-state index contributed by atoms with van der Waals surface area (Å²) in [4.78, 5) is 23.9. The number of rotatable bonds is 6. The van der Waals surface area contributed by atoms with Gasteiger partial charge in [0.15, 0.2) is 0 Å². The highest BCUT2D eigenvalue weighted by Crippen LogP contribution is 2.26. The van der Waals surface area contributed by atoms with Gasteiger partial charge in [-0.15, -0.1) is 0 Å². The van der Waals surface area contributed by atoms with Gasteiger partial charge in [0.25, 0.3) is 5.69 Å². The molecule has 0 aliphatic carbocycles. The second-order valence-electron chi connectivity index (χ2n) is 4.20. The first-order valence-corrected chi connectivity index (χ1v) is 8.31. The van der Waals surface area contributed by atoms with Crippen molar-refractivity contribution in [2.24, 2.45) is 0 Å². The predicted molar refractivity (Wildman–Crippen MR) is 94.7 cm³/mol. The summed E-state index contributed by atoms with van der Waals surface area (Å²) in [6.07, 6.45) is 0. The number of amides is 1. The van der Waals surface area contributed by atoms with Crippen LogP contribution in [0.4, 0.5) is 11.4 Å². The van der Waals surface area contributed by atoms with Crippen LogP contribution in [-0.2, 0) is 4.79 Å². The highest BCUT2D eigenvalue weighted by Gasteiger charge is 2.13. The number of nitro groups is 1. The molecule has 0 aliphatic heterocycles. The second kappa shape index (κ2) is 8.92. The molecule has 22 heavy (non-hydrogen) atoms. The van der Waals surface area contributed by atoms with E-state index in [1.54, 1.807) is 0 Å². The van der Waals surface area contributed by atoms with Crippen LogP contribution in [0.25, 0.3) is 0 Å². The Balaban J connectivity index is 2.59. The molecule has 0 unspecified atom stereocenters. The number of anilines is 1. The van der Waals surface area contributed by atoms with Crippen LogP contribution in [-0.4, -0.2) is 38.9 Å². The number of carbonyl (C=O) groups is 1. The highest BCUT2D eigenvalue weighted by atomic mass is 35.5. The largest absolute Gasteiger partial charge is 0.358 e. The Bertz CT molecular complexity index is 580. The number of thiocarbonyl (C=S) groups is 1. The Morgan fingerprint density at radius 1 is 1.45 bits per heavy atom. The van der Waals surface area contributed by atoms with E-state index in [9.17, 15) is 14.9 Å². The molecule has 0 heterocycles. The fourth-order valence-corrected chi connectivity index (χ4v) is 3.03. The lowest BCUT2D eigenvalue weighted by atomic mass is 10.3.